The van der Waals surface area contributed by atoms with E-state index in [2.05, 4.69) is 4.98 Å². The van der Waals surface area contributed by atoms with Gasteiger partial charge in [-0.05, 0) is 60.7 Å². The van der Waals surface area contributed by atoms with E-state index in [1.807, 2.05) is 0 Å². The number of hydrogen-bond donors (Lipinski definition) is 0. The summed E-state index contributed by atoms with van der Waals surface area (Å²) in [6.07, 6.45) is 0. The predicted molar refractivity (Wildman–Crippen MR) is 105 cm³/mol. The first kappa shape index (κ1) is 19.9. The molecule has 0 bridgehead atoms. The lowest BCUT2D eigenvalue weighted by molar-refractivity contribution is 0.0463. The molecule has 0 atom stereocenters. The van der Waals surface area contributed by atoms with E-state index >= 15 is 0 Å². The Balaban J connectivity index is 1.54. The maximum Gasteiger partial charge on any atom is 0.338 e. The summed E-state index contributed by atoms with van der Waals surface area (Å²) in [5.41, 5.74) is 1.89. The predicted octanol–water partition coefficient (Wildman–Crippen LogP) is 5.10. The van der Waals surface area contributed by atoms with Crippen LogP contribution in [0.2, 0.25) is 10.0 Å². The van der Waals surface area contributed by atoms with Crippen molar-refractivity contribution in [2.24, 2.45) is 0 Å². The number of aromatic nitrogens is 1. The first-order chi connectivity index (χ1) is 13.5. The van der Waals surface area contributed by atoms with Crippen LogP contribution >= 0.6 is 23.2 Å². The van der Waals surface area contributed by atoms with Crippen LogP contribution in [0.4, 0.5) is 0 Å². The molecule has 3 aromatic rings. The minimum atomic E-state index is -0.474. The molecule has 5 nitrogen and oxygen atoms in total. The second-order valence-corrected chi connectivity index (χ2v) is 6.66. The van der Waals surface area contributed by atoms with Crippen molar-refractivity contribution < 1.29 is 19.1 Å². The van der Waals surface area contributed by atoms with Crippen LogP contribution in [0, 0.1) is 0 Å². The molecule has 0 radical (unpaired) electrons. The first-order valence-corrected chi connectivity index (χ1v) is 9.07. The Hall–Kier alpha value is -2.89. The van der Waals surface area contributed by atoms with E-state index in [-0.39, 0.29) is 13.2 Å². The zero-order valence-corrected chi connectivity index (χ0v) is 16.1. The van der Waals surface area contributed by atoms with Gasteiger partial charge in [-0.3, -0.25) is 4.98 Å². The Morgan fingerprint density at radius 3 is 1.46 bits per heavy atom. The number of benzene rings is 2. The van der Waals surface area contributed by atoms with E-state index in [0.29, 0.717) is 32.6 Å². The quantitative estimate of drug-likeness (QED) is 0.523. The highest BCUT2D eigenvalue weighted by molar-refractivity contribution is 6.30. The van der Waals surface area contributed by atoms with Gasteiger partial charge in [-0.15, -0.1) is 0 Å². The van der Waals surface area contributed by atoms with Crippen LogP contribution in [0.15, 0.2) is 66.7 Å². The van der Waals surface area contributed by atoms with Crippen LogP contribution < -0.4 is 0 Å². The summed E-state index contributed by atoms with van der Waals surface area (Å²) < 4.78 is 10.5. The molecule has 0 aliphatic heterocycles. The largest absolute Gasteiger partial charge is 0.456 e. The molecule has 3 rings (SSSR count). The summed E-state index contributed by atoms with van der Waals surface area (Å²) in [6, 6.07) is 18.0. The van der Waals surface area contributed by atoms with Gasteiger partial charge < -0.3 is 9.47 Å². The molecule has 0 spiro atoms. The minimum absolute atomic E-state index is 0.000427. The smallest absolute Gasteiger partial charge is 0.338 e. The molecule has 2 aromatic carbocycles. The van der Waals surface area contributed by atoms with Crippen molar-refractivity contribution in [3.63, 3.8) is 0 Å². The number of carbonyl (C=O) groups excluding carboxylic acids is 2. The van der Waals surface area contributed by atoms with Gasteiger partial charge in [-0.1, -0.05) is 29.3 Å². The lowest BCUT2D eigenvalue weighted by Gasteiger charge is -2.08. The Bertz CT molecular complexity index is 896. The topological polar surface area (TPSA) is 65.5 Å². The monoisotopic (exact) mass is 415 g/mol. The highest BCUT2D eigenvalue weighted by Gasteiger charge is 2.10. The molecule has 0 aliphatic carbocycles. The molecule has 0 N–H and O–H groups in total. The highest BCUT2D eigenvalue weighted by atomic mass is 35.5. The average molecular weight is 416 g/mol. The van der Waals surface area contributed by atoms with E-state index in [9.17, 15) is 9.59 Å². The van der Waals surface area contributed by atoms with Gasteiger partial charge in [-0.2, -0.15) is 0 Å². The van der Waals surface area contributed by atoms with Gasteiger partial charge in [0.2, 0.25) is 0 Å². The van der Waals surface area contributed by atoms with Crippen LogP contribution in [0.1, 0.15) is 32.1 Å². The van der Waals surface area contributed by atoms with Crippen LogP contribution in [-0.2, 0) is 22.7 Å². The number of esters is 2. The lowest BCUT2D eigenvalue weighted by Crippen LogP contribution is -2.08. The molecule has 0 unspecified atom stereocenters. The fraction of sp³-hybridized carbons (Fsp3) is 0.0952. The number of halogens is 2. The summed E-state index contributed by atoms with van der Waals surface area (Å²) >= 11 is 11.6. The third-order valence-electron chi connectivity index (χ3n) is 3.73. The summed E-state index contributed by atoms with van der Waals surface area (Å²) in [4.78, 5) is 28.4. The third kappa shape index (κ3) is 5.55. The van der Waals surface area contributed by atoms with Crippen molar-refractivity contribution in [1.82, 2.24) is 4.98 Å². The zero-order valence-electron chi connectivity index (χ0n) is 14.6. The number of hydrogen-bond acceptors (Lipinski definition) is 5. The van der Waals surface area contributed by atoms with E-state index in [1.54, 1.807) is 66.7 Å². The standard InChI is InChI=1S/C21H15Cl2NO4/c22-16-8-4-14(5-9-16)20(25)27-12-18-2-1-3-19(24-18)13-28-21(26)15-6-10-17(23)11-7-15/h1-11H,12-13H2. The van der Waals surface area contributed by atoms with E-state index in [0.717, 1.165) is 0 Å². The van der Waals surface area contributed by atoms with Crippen LogP contribution in [0.25, 0.3) is 0 Å². The van der Waals surface area contributed by atoms with Crippen LogP contribution in [0.3, 0.4) is 0 Å². The molecular formula is C21H15Cl2NO4. The maximum atomic E-state index is 12.0. The maximum absolute atomic E-state index is 12.0. The molecule has 0 fully saturated rings. The van der Waals surface area contributed by atoms with E-state index in [4.69, 9.17) is 32.7 Å². The Morgan fingerprint density at radius 1 is 0.679 bits per heavy atom. The summed E-state index contributed by atoms with van der Waals surface area (Å²) in [6.45, 7) is 0.000854. The van der Waals surface area contributed by atoms with Crippen molar-refractivity contribution in [2.45, 2.75) is 13.2 Å². The van der Waals surface area contributed by atoms with Gasteiger partial charge in [-0.25, -0.2) is 9.59 Å². The number of carbonyl (C=O) groups is 2. The molecule has 1 heterocycles. The highest BCUT2D eigenvalue weighted by Crippen LogP contribution is 2.13. The van der Waals surface area contributed by atoms with Crippen LogP contribution in [-0.4, -0.2) is 16.9 Å². The fourth-order valence-corrected chi connectivity index (χ4v) is 2.56. The number of pyridine rings is 1. The molecule has 28 heavy (non-hydrogen) atoms. The average Bonchev–Trinajstić information content (AvgIpc) is 2.71. The van der Waals surface area contributed by atoms with E-state index < -0.39 is 11.9 Å². The second kappa shape index (κ2) is 9.35. The molecule has 0 saturated carbocycles. The minimum Gasteiger partial charge on any atom is -0.456 e. The SMILES string of the molecule is O=C(OCc1cccc(COC(=O)c2ccc(Cl)cc2)n1)c1ccc(Cl)cc1. The number of rotatable bonds is 6. The fourth-order valence-electron chi connectivity index (χ4n) is 2.31. The molecule has 0 amide bonds. The number of ether oxygens (including phenoxy) is 2. The molecule has 1 aromatic heterocycles. The zero-order chi connectivity index (χ0) is 19.9. The van der Waals surface area contributed by atoms with Crippen molar-refractivity contribution in [3.8, 4) is 0 Å². The number of nitrogens with zero attached hydrogens (tertiary/aromatic N) is 1. The molecular weight excluding hydrogens is 401 g/mol. The van der Waals surface area contributed by atoms with Crippen molar-refractivity contribution in [1.29, 1.82) is 0 Å². The Kier molecular flexibility index (Phi) is 6.63. The Morgan fingerprint density at radius 2 is 1.07 bits per heavy atom. The first-order valence-electron chi connectivity index (χ1n) is 8.31. The van der Waals surface area contributed by atoms with Gasteiger partial charge in [0.1, 0.15) is 13.2 Å². The van der Waals surface area contributed by atoms with Crippen LogP contribution in [0.5, 0.6) is 0 Å². The van der Waals surface area contributed by atoms with Gasteiger partial charge >= 0.3 is 11.9 Å². The third-order valence-corrected chi connectivity index (χ3v) is 4.23. The Labute approximate surface area is 171 Å². The van der Waals surface area contributed by atoms with Crippen molar-refractivity contribution >= 4 is 35.1 Å². The molecule has 0 aliphatic rings. The molecule has 0 saturated heterocycles. The van der Waals surface area contributed by atoms with Gasteiger partial charge in [0.05, 0.1) is 22.5 Å². The normalized spacial score (nSPS) is 10.4. The second-order valence-electron chi connectivity index (χ2n) is 5.79. The van der Waals surface area contributed by atoms with Gasteiger partial charge in [0.25, 0.3) is 0 Å². The van der Waals surface area contributed by atoms with Crippen molar-refractivity contribution in [2.75, 3.05) is 0 Å². The lowest BCUT2D eigenvalue weighted by atomic mass is 10.2. The summed E-state index contributed by atoms with van der Waals surface area (Å²) in [5, 5.41) is 1.08. The summed E-state index contributed by atoms with van der Waals surface area (Å²) in [7, 11) is 0. The molecule has 142 valence electrons. The molecule has 7 heteroatoms. The summed E-state index contributed by atoms with van der Waals surface area (Å²) in [5.74, 6) is -0.948. The van der Waals surface area contributed by atoms with Crippen molar-refractivity contribution in [3.05, 3.63) is 99.3 Å². The van der Waals surface area contributed by atoms with Gasteiger partial charge in [0, 0.05) is 10.0 Å². The van der Waals surface area contributed by atoms with Gasteiger partial charge in [0.15, 0.2) is 0 Å². The van der Waals surface area contributed by atoms with E-state index in [1.165, 1.54) is 0 Å².